The molecule has 0 aromatic rings. The molecule has 144 valence electrons. The van der Waals surface area contributed by atoms with Gasteiger partial charge in [0.05, 0.1) is 18.8 Å². The normalized spacial score (nSPS) is 14.4. The van der Waals surface area contributed by atoms with Gasteiger partial charge < -0.3 is 14.2 Å². The Morgan fingerprint density at radius 1 is 1.16 bits per heavy atom. The fourth-order valence-electron chi connectivity index (χ4n) is 1.41. The van der Waals surface area contributed by atoms with Crippen molar-refractivity contribution in [3.63, 3.8) is 0 Å². The number of carbonyl (C=O) groups excluding carboxylic acids is 2. The molecule has 0 aromatic heterocycles. The van der Waals surface area contributed by atoms with Crippen molar-refractivity contribution < 1.29 is 45.8 Å². The molecule has 0 spiro atoms. The Hall–Kier alpha value is -1.97. The van der Waals surface area contributed by atoms with E-state index in [9.17, 15) is 31.5 Å². The molecule has 0 radical (unpaired) electrons. The first-order valence-electron chi connectivity index (χ1n) is 7.02. The molecule has 0 rings (SSSR count). The molecule has 0 fully saturated rings. The van der Waals surface area contributed by atoms with E-state index in [2.05, 4.69) is 22.6 Å². The lowest BCUT2D eigenvalue weighted by Crippen LogP contribution is -2.54. The summed E-state index contributed by atoms with van der Waals surface area (Å²) in [5.41, 5.74) is -3.05. The molecule has 10 heteroatoms. The lowest BCUT2D eigenvalue weighted by molar-refractivity contribution is -0.233. The molecule has 0 aliphatic carbocycles. The van der Waals surface area contributed by atoms with Crippen molar-refractivity contribution in [1.82, 2.24) is 0 Å². The molecule has 5 nitrogen and oxygen atoms in total. The summed E-state index contributed by atoms with van der Waals surface area (Å²) in [7, 11) is 0. The summed E-state index contributed by atoms with van der Waals surface area (Å²) >= 11 is 0. The van der Waals surface area contributed by atoms with Crippen LogP contribution in [0.2, 0.25) is 0 Å². The molecule has 1 unspecified atom stereocenters. The van der Waals surface area contributed by atoms with Gasteiger partial charge in [-0.1, -0.05) is 19.6 Å². The van der Waals surface area contributed by atoms with Crippen molar-refractivity contribution in [2.75, 3.05) is 19.8 Å². The highest BCUT2D eigenvalue weighted by Crippen LogP contribution is 2.37. The topological polar surface area (TPSA) is 61.8 Å². The first kappa shape index (κ1) is 23.0. The molecule has 0 aliphatic rings. The van der Waals surface area contributed by atoms with Gasteiger partial charge in [-0.3, -0.25) is 0 Å². The third kappa shape index (κ3) is 6.81. The molecule has 0 heterocycles. The maximum Gasteiger partial charge on any atom is 0.422 e. The van der Waals surface area contributed by atoms with Crippen LogP contribution >= 0.6 is 0 Å². The minimum Gasteiger partial charge on any atom is -0.451 e. The van der Waals surface area contributed by atoms with E-state index in [4.69, 9.17) is 4.74 Å². The Morgan fingerprint density at radius 2 is 1.72 bits per heavy atom. The van der Waals surface area contributed by atoms with Crippen molar-refractivity contribution in [3.05, 3.63) is 24.8 Å². The quantitative estimate of drug-likeness (QED) is 0.193. The predicted molar refractivity (Wildman–Crippen MR) is 76.9 cm³/mol. The maximum absolute atomic E-state index is 14.2. The molecule has 0 aliphatic heterocycles. The lowest BCUT2D eigenvalue weighted by Gasteiger charge is -2.34. The van der Waals surface area contributed by atoms with E-state index >= 15 is 0 Å². The number of hydrogen-bond acceptors (Lipinski definition) is 5. The molecule has 0 aromatic carbocycles. The fourth-order valence-corrected chi connectivity index (χ4v) is 1.41. The van der Waals surface area contributed by atoms with Crippen molar-refractivity contribution in [2.24, 2.45) is 0 Å². The van der Waals surface area contributed by atoms with Crippen LogP contribution in [0, 0.1) is 0 Å². The van der Waals surface area contributed by atoms with E-state index in [-0.39, 0.29) is 18.8 Å². The van der Waals surface area contributed by atoms with Gasteiger partial charge in [0.2, 0.25) is 0 Å². The van der Waals surface area contributed by atoms with Crippen LogP contribution in [0.1, 0.15) is 20.3 Å². The molecular weight excluding hydrogens is 355 g/mol. The standard InChI is InChI=1S/C15H19F5O5/c1-5-7-23-8-10(3)11(21)25-13(4,6-2)15(19,20)12(22)24-9-14(16,17)18/h5H,1,3,6-9H2,2,4H3. The second-order valence-corrected chi connectivity index (χ2v) is 5.15. The smallest absolute Gasteiger partial charge is 0.422 e. The monoisotopic (exact) mass is 374 g/mol. The van der Waals surface area contributed by atoms with E-state index in [1.165, 1.54) is 6.08 Å². The molecule has 0 saturated carbocycles. The Balaban J connectivity index is 5.09. The highest BCUT2D eigenvalue weighted by Gasteiger charge is 2.60. The van der Waals surface area contributed by atoms with Crippen LogP contribution in [-0.2, 0) is 23.8 Å². The van der Waals surface area contributed by atoms with Crippen LogP contribution in [0.25, 0.3) is 0 Å². The highest BCUT2D eigenvalue weighted by atomic mass is 19.4. The first-order chi connectivity index (χ1) is 11.3. The maximum atomic E-state index is 14.2. The number of rotatable bonds is 10. The second-order valence-electron chi connectivity index (χ2n) is 5.15. The molecule has 1 atom stereocenters. The van der Waals surface area contributed by atoms with Gasteiger partial charge in [-0.15, -0.1) is 6.58 Å². The minimum absolute atomic E-state index is 0.0667. The first-order valence-corrected chi connectivity index (χ1v) is 7.02. The number of ether oxygens (including phenoxy) is 3. The third-order valence-corrected chi connectivity index (χ3v) is 3.08. The summed E-state index contributed by atoms with van der Waals surface area (Å²) in [6.07, 6.45) is -4.17. The molecule has 0 N–H and O–H groups in total. The van der Waals surface area contributed by atoms with Gasteiger partial charge in [0.1, 0.15) is 0 Å². The van der Waals surface area contributed by atoms with Crippen LogP contribution in [0.3, 0.4) is 0 Å². The number of esters is 2. The molecule has 0 saturated heterocycles. The molecule has 25 heavy (non-hydrogen) atoms. The summed E-state index contributed by atoms with van der Waals surface area (Å²) in [5, 5.41) is 0. The molecule has 0 amide bonds. The zero-order valence-electron chi connectivity index (χ0n) is 13.8. The summed E-state index contributed by atoms with van der Waals surface area (Å²) in [6.45, 7) is 6.07. The minimum atomic E-state index is -4.97. The van der Waals surface area contributed by atoms with E-state index in [1.54, 1.807) is 0 Å². The fraction of sp³-hybridized carbons (Fsp3) is 0.600. The van der Waals surface area contributed by atoms with Crippen LogP contribution < -0.4 is 0 Å². The van der Waals surface area contributed by atoms with E-state index in [1.807, 2.05) is 0 Å². The molecule has 0 bridgehead atoms. The summed E-state index contributed by atoms with van der Waals surface area (Å²) in [5.74, 6) is -8.24. The van der Waals surface area contributed by atoms with Gasteiger partial charge in [-0.25, -0.2) is 9.59 Å². The van der Waals surface area contributed by atoms with Crippen molar-refractivity contribution in [3.8, 4) is 0 Å². The average molecular weight is 374 g/mol. The lowest BCUT2D eigenvalue weighted by atomic mass is 9.94. The van der Waals surface area contributed by atoms with Gasteiger partial charge >= 0.3 is 24.0 Å². The van der Waals surface area contributed by atoms with Gasteiger partial charge in [0.25, 0.3) is 0 Å². The Morgan fingerprint density at radius 3 is 2.16 bits per heavy atom. The van der Waals surface area contributed by atoms with Crippen molar-refractivity contribution >= 4 is 11.9 Å². The Kier molecular flexibility index (Phi) is 8.23. The average Bonchev–Trinajstić information content (AvgIpc) is 2.51. The number of carbonyl (C=O) groups is 2. The third-order valence-electron chi connectivity index (χ3n) is 3.08. The summed E-state index contributed by atoms with van der Waals surface area (Å²) in [6, 6.07) is 0. The zero-order chi connectivity index (χ0) is 19.9. The van der Waals surface area contributed by atoms with Crippen LogP contribution in [0.5, 0.6) is 0 Å². The Bertz CT molecular complexity index is 515. The van der Waals surface area contributed by atoms with Crippen LogP contribution in [0.15, 0.2) is 24.8 Å². The SMILES string of the molecule is C=CCOCC(=C)C(=O)OC(C)(CC)C(F)(F)C(=O)OCC(F)(F)F. The van der Waals surface area contributed by atoms with Gasteiger partial charge in [0, 0.05) is 0 Å². The van der Waals surface area contributed by atoms with Crippen LogP contribution in [0.4, 0.5) is 22.0 Å². The van der Waals surface area contributed by atoms with Crippen molar-refractivity contribution in [1.29, 1.82) is 0 Å². The number of hydrogen-bond donors (Lipinski definition) is 0. The Labute approximate surface area is 141 Å². The highest BCUT2D eigenvalue weighted by molar-refractivity contribution is 5.89. The largest absolute Gasteiger partial charge is 0.451 e. The number of halogens is 5. The van der Waals surface area contributed by atoms with E-state index in [0.29, 0.717) is 6.92 Å². The van der Waals surface area contributed by atoms with Gasteiger partial charge in [0.15, 0.2) is 12.2 Å². The van der Waals surface area contributed by atoms with Crippen LogP contribution in [-0.4, -0.2) is 49.5 Å². The molecular formula is C15H19F5O5. The zero-order valence-corrected chi connectivity index (χ0v) is 13.8. The van der Waals surface area contributed by atoms with E-state index in [0.717, 1.165) is 6.92 Å². The van der Waals surface area contributed by atoms with E-state index < -0.39 is 42.7 Å². The summed E-state index contributed by atoms with van der Waals surface area (Å²) < 4.78 is 77.5. The summed E-state index contributed by atoms with van der Waals surface area (Å²) in [4.78, 5) is 23.2. The van der Waals surface area contributed by atoms with Gasteiger partial charge in [-0.05, 0) is 13.3 Å². The van der Waals surface area contributed by atoms with Crippen molar-refractivity contribution in [2.45, 2.75) is 38.0 Å². The second kappa shape index (κ2) is 8.93. The number of alkyl halides is 5. The predicted octanol–water partition coefficient (Wildman–Crippen LogP) is 3.20. The van der Waals surface area contributed by atoms with Gasteiger partial charge in [-0.2, -0.15) is 22.0 Å².